The summed E-state index contributed by atoms with van der Waals surface area (Å²) in [7, 11) is 0. The van der Waals surface area contributed by atoms with Gasteiger partial charge in [0.1, 0.15) is 6.04 Å². The molecule has 0 aromatic heterocycles. The second-order valence-electron chi connectivity index (χ2n) is 6.76. The molecular weight excluding hydrogens is 326 g/mol. The molecule has 1 aliphatic heterocycles. The van der Waals surface area contributed by atoms with E-state index >= 15 is 0 Å². The van der Waals surface area contributed by atoms with E-state index in [2.05, 4.69) is 22.9 Å². The Labute approximate surface area is 148 Å². The Hall–Kier alpha value is -1.59. The number of rotatable bonds is 5. The lowest BCUT2D eigenvalue weighted by Gasteiger charge is -2.32. The molecule has 1 heterocycles. The molecule has 3 atom stereocenters. The Morgan fingerprint density at radius 3 is 2.62 bits per heavy atom. The average Bonchev–Trinajstić information content (AvgIpc) is 2.54. The largest absolute Gasteiger partial charge is 0.350 e. The van der Waals surface area contributed by atoms with Gasteiger partial charge in [-0.15, -0.1) is 0 Å². The van der Waals surface area contributed by atoms with Crippen molar-refractivity contribution in [1.29, 1.82) is 0 Å². The molecule has 0 radical (unpaired) electrons. The van der Waals surface area contributed by atoms with Crippen molar-refractivity contribution in [2.24, 2.45) is 11.8 Å². The molecule has 1 aromatic carbocycles. The van der Waals surface area contributed by atoms with Crippen LogP contribution in [0.15, 0.2) is 24.3 Å². The minimum atomic E-state index is -0.595. The zero-order valence-electron chi connectivity index (χ0n) is 14.4. The summed E-state index contributed by atoms with van der Waals surface area (Å²) in [5.41, 5.74) is 0.380. The second kappa shape index (κ2) is 8.49. The first-order valence-corrected chi connectivity index (χ1v) is 8.84. The molecule has 132 valence electrons. The lowest BCUT2D eigenvalue weighted by molar-refractivity contribution is -0.125. The average molecular weight is 352 g/mol. The van der Waals surface area contributed by atoms with E-state index < -0.39 is 6.04 Å². The SMILES string of the molecule is CC(C)C(NC(=O)c1ccccc1Cl)C(=O)NC1CNCCC1C. The summed E-state index contributed by atoms with van der Waals surface area (Å²) in [5.74, 6) is -0.0826. The summed E-state index contributed by atoms with van der Waals surface area (Å²) in [5, 5.41) is 9.57. The normalized spacial score (nSPS) is 22.0. The summed E-state index contributed by atoms with van der Waals surface area (Å²) in [6.07, 6.45) is 1.03. The summed E-state index contributed by atoms with van der Waals surface area (Å²) in [6, 6.07) is 6.33. The fraction of sp³-hybridized carbons (Fsp3) is 0.556. The Kier molecular flexibility index (Phi) is 6.63. The van der Waals surface area contributed by atoms with Crippen molar-refractivity contribution >= 4 is 23.4 Å². The Bertz CT molecular complexity index is 591. The highest BCUT2D eigenvalue weighted by atomic mass is 35.5. The summed E-state index contributed by atoms with van der Waals surface area (Å²) < 4.78 is 0. The van der Waals surface area contributed by atoms with Crippen molar-refractivity contribution in [3.05, 3.63) is 34.9 Å². The third kappa shape index (κ3) is 4.71. The van der Waals surface area contributed by atoms with Gasteiger partial charge in [-0.05, 0) is 36.9 Å². The monoisotopic (exact) mass is 351 g/mol. The Morgan fingerprint density at radius 2 is 2.00 bits per heavy atom. The van der Waals surface area contributed by atoms with Crippen molar-refractivity contribution in [1.82, 2.24) is 16.0 Å². The summed E-state index contributed by atoms with van der Waals surface area (Å²) >= 11 is 6.07. The Balaban J connectivity index is 2.04. The van der Waals surface area contributed by atoms with Gasteiger partial charge in [0.15, 0.2) is 0 Å². The predicted octanol–water partition coefficient (Wildman–Crippen LogP) is 2.21. The molecule has 3 unspecified atom stereocenters. The van der Waals surface area contributed by atoms with Crippen LogP contribution in [0.4, 0.5) is 0 Å². The summed E-state index contributed by atoms with van der Waals surface area (Å²) in [6.45, 7) is 7.71. The van der Waals surface area contributed by atoms with Crippen LogP contribution in [0.5, 0.6) is 0 Å². The number of carbonyl (C=O) groups excluding carboxylic acids is 2. The zero-order valence-corrected chi connectivity index (χ0v) is 15.2. The van der Waals surface area contributed by atoms with Crippen molar-refractivity contribution in [3.8, 4) is 0 Å². The topological polar surface area (TPSA) is 70.2 Å². The highest BCUT2D eigenvalue weighted by Crippen LogP contribution is 2.16. The molecule has 0 aliphatic carbocycles. The van der Waals surface area contributed by atoms with Crippen LogP contribution in [0.3, 0.4) is 0 Å². The fourth-order valence-corrected chi connectivity index (χ4v) is 3.08. The van der Waals surface area contributed by atoms with Crippen LogP contribution < -0.4 is 16.0 Å². The molecule has 1 saturated heterocycles. The minimum absolute atomic E-state index is 0.0247. The van der Waals surface area contributed by atoms with Crippen LogP contribution in [0.2, 0.25) is 5.02 Å². The van der Waals surface area contributed by atoms with Gasteiger partial charge in [-0.2, -0.15) is 0 Å². The van der Waals surface area contributed by atoms with Crippen molar-refractivity contribution in [3.63, 3.8) is 0 Å². The third-order valence-corrected chi connectivity index (χ3v) is 4.84. The van der Waals surface area contributed by atoms with Crippen molar-refractivity contribution < 1.29 is 9.59 Å². The van der Waals surface area contributed by atoms with Crippen LogP contribution in [-0.4, -0.2) is 37.0 Å². The third-order valence-electron chi connectivity index (χ3n) is 4.51. The van der Waals surface area contributed by atoms with Gasteiger partial charge in [-0.25, -0.2) is 0 Å². The first-order chi connectivity index (χ1) is 11.4. The van der Waals surface area contributed by atoms with Crippen molar-refractivity contribution in [2.45, 2.75) is 39.3 Å². The van der Waals surface area contributed by atoms with E-state index in [0.29, 0.717) is 16.5 Å². The molecule has 24 heavy (non-hydrogen) atoms. The lowest BCUT2D eigenvalue weighted by atomic mass is 9.93. The smallest absolute Gasteiger partial charge is 0.253 e. The number of carbonyl (C=O) groups is 2. The number of benzene rings is 1. The van der Waals surface area contributed by atoms with E-state index in [0.717, 1.165) is 19.5 Å². The number of piperidine rings is 1. The van der Waals surface area contributed by atoms with Gasteiger partial charge in [-0.1, -0.05) is 44.5 Å². The molecule has 1 fully saturated rings. The molecular formula is C18H26ClN3O2. The molecule has 0 spiro atoms. The number of hydrogen-bond donors (Lipinski definition) is 3. The first kappa shape index (κ1) is 18.7. The number of amides is 2. The highest BCUT2D eigenvalue weighted by Gasteiger charge is 2.29. The van der Waals surface area contributed by atoms with Gasteiger partial charge in [0.2, 0.25) is 5.91 Å². The van der Waals surface area contributed by atoms with Gasteiger partial charge in [-0.3, -0.25) is 9.59 Å². The van der Waals surface area contributed by atoms with E-state index in [1.807, 2.05) is 13.8 Å². The number of halogens is 1. The van der Waals surface area contributed by atoms with E-state index in [9.17, 15) is 9.59 Å². The van der Waals surface area contributed by atoms with Crippen LogP contribution in [0.1, 0.15) is 37.6 Å². The van der Waals surface area contributed by atoms with Gasteiger partial charge >= 0.3 is 0 Å². The van der Waals surface area contributed by atoms with Gasteiger partial charge in [0, 0.05) is 12.6 Å². The summed E-state index contributed by atoms with van der Waals surface area (Å²) in [4.78, 5) is 25.1. The molecule has 0 bridgehead atoms. The molecule has 6 heteroatoms. The van der Waals surface area contributed by atoms with Gasteiger partial charge in [0.05, 0.1) is 10.6 Å². The molecule has 1 aliphatic rings. The quantitative estimate of drug-likeness (QED) is 0.761. The first-order valence-electron chi connectivity index (χ1n) is 8.46. The maximum absolute atomic E-state index is 12.7. The van der Waals surface area contributed by atoms with Crippen LogP contribution in [0.25, 0.3) is 0 Å². The van der Waals surface area contributed by atoms with Crippen molar-refractivity contribution in [2.75, 3.05) is 13.1 Å². The molecule has 1 aromatic rings. The van der Waals surface area contributed by atoms with E-state index in [4.69, 9.17) is 11.6 Å². The molecule has 0 saturated carbocycles. The zero-order chi connectivity index (χ0) is 17.7. The number of hydrogen-bond acceptors (Lipinski definition) is 3. The van der Waals surface area contributed by atoms with Crippen LogP contribution in [0, 0.1) is 11.8 Å². The molecule has 5 nitrogen and oxygen atoms in total. The highest BCUT2D eigenvalue weighted by molar-refractivity contribution is 6.33. The fourth-order valence-electron chi connectivity index (χ4n) is 2.85. The van der Waals surface area contributed by atoms with Crippen LogP contribution >= 0.6 is 11.6 Å². The van der Waals surface area contributed by atoms with E-state index in [1.54, 1.807) is 24.3 Å². The maximum atomic E-state index is 12.7. The predicted molar refractivity (Wildman–Crippen MR) is 96.1 cm³/mol. The maximum Gasteiger partial charge on any atom is 0.253 e. The standard InChI is InChI=1S/C18H26ClN3O2/c1-11(2)16(18(24)21-15-10-20-9-8-12(15)3)22-17(23)13-6-4-5-7-14(13)19/h4-7,11-12,15-16,20H,8-10H2,1-3H3,(H,21,24)(H,22,23). The van der Waals surface area contributed by atoms with Gasteiger partial charge < -0.3 is 16.0 Å². The van der Waals surface area contributed by atoms with Gasteiger partial charge in [0.25, 0.3) is 5.91 Å². The van der Waals surface area contributed by atoms with E-state index in [-0.39, 0.29) is 23.8 Å². The Morgan fingerprint density at radius 1 is 1.29 bits per heavy atom. The van der Waals surface area contributed by atoms with E-state index in [1.165, 1.54) is 0 Å². The molecule has 2 rings (SSSR count). The lowest BCUT2D eigenvalue weighted by Crippen LogP contribution is -2.57. The minimum Gasteiger partial charge on any atom is -0.350 e. The number of nitrogens with one attached hydrogen (secondary N) is 3. The van der Waals surface area contributed by atoms with Crippen LogP contribution in [-0.2, 0) is 4.79 Å². The molecule has 3 N–H and O–H groups in total. The second-order valence-corrected chi connectivity index (χ2v) is 7.17. The molecule has 2 amide bonds.